The maximum Gasteiger partial charge on any atom is 0.244 e. The molecule has 0 spiro atoms. The van der Waals surface area contributed by atoms with Crippen molar-refractivity contribution in [3.05, 3.63) is 54.0 Å². The topological polar surface area (TPSA) is 106 Å². The van der Waals surface area contributed by atoms with Gasteiger partial charge in [-0.1, -0.05) is 26.0 Å². The van der Waals surface area contributed by atoms with Gasteiger partial charge in [-0.05, 0) is 36.6 Å². The van der Waals surface area contributed by atoms with E-state index in [1.807, 2.05) is 4.90 Å². The van der Waals surface area contributed by atoms with Crippen molar-refractivity contribution >= 4 is 21.7 Å². The number of nitrogens with one attached hydrogen (secondary N) is 1. The third-order valence-corrected chi connectivity index (χ3v) is 6.83. The Bertz CT molecular complexity index is 1120. The number of nitrogens with zero attached hydrogens (tertiary/aromatic N) is 4. The molecule has 170 valence electrons. The molecule has 1 aliphatic rings. The van der Waals surface area contributed by atoms with E-state index in [0.29, 0.717) is 44.0 Å². The molecule has 3 rings (SSSR count). The first-order valence-corrected chi connectivity index (χ1v) is 11.9. The van der Waals surface area contributed by atoms with E-state index in [2.05, 4.69) is 15.8 Å². The molecule has 2 heterocycles. The largest absolute Gasteiger partial charge is 0.354 e. The highest BCUT2D eigenvalue weighted by Crippen LogP contribution is 2.20. The predicted octanol–water partition coefficient (Wildman–Crippen LogP) is 2.13. The molecule has 32 heavy (non-hydrogen) atoms. The number of anilines is 1. The number of hydrogen-bond donors (Lipinski definition) is 1. The van der Waals surface area contributed by atoms with E-state index < -0.39 is 26.8 Å². The van der Waals surface area contributed by atoms with E-state index in [1.54, 1.807) is 37.1 Å². The molecular formula is C22H26FN5O3S. The number of carbonyl (C=O) groups is 1. The van der Waals surface area contributed by atoms with E-state index in [0.717, 1.165) is 6.07 Å². The highest BCUT2D eigenvalue weighted by Gasteiger charge is 2.33. The molecule has 0 aliphatic carbocycles. The van der Waals surface area contributed by atoms with Crippen LogP contribution in [0.15, 0.2) is 47.5 Å². The molecule has 1 N–H and O–H groups in total. The van der Waals surface area contributed by atoms with Gasteiger partial charge in [0.1, 0.15) is 28.6 Å². The summed E-state index contributed by atoms with van der Waals surface area (Å²) >= 11 is 0. The highest BCUT2D eigenvalue weighted by molar-refractivity contribution is 7.89. The first-order valence-electron chi connectivity index (χ1n) is 10.4. The number of amides is 1. The van der Waals surface area contributed by atoms with E-state index in [-0.39, 0.29) is 11.8 Å². The molecular weight excluding hydrogens is 433 g/mol. The van der Waals surface area contributed by atoms with Crippen LogP contribution in [-0.4, -0.2) is 56.4 Å². The molecule has 1 atom stereocenters. The standard InChI is InChI=1S/C22H26FN5O3S/c1-16(2)20(26-32(30,31)19-9-4-3-8-18(19)23)22(29)28-12-6-11-27(13-14-28)21-17(15-24)7-5-10-25-21/h3-5,7-10,16,20,26H,6,11-14H2,1-2H3/t20-/m0/s1. The first kappa shape index (κ1) is 23.6. The van der Waals surface area contributed by atoms with Crippen LogP contribution < -0.4 is 9.62 Å². The van der Waals surface area contributed by atoms with Gasteiger partial charge in [0.05, 0.1) is 5.56 Å². The van der Waals surface area contributed by atoms with E-state index >= 15 is 0 Å². The van der Waals surface area contributed by atoms with Crippen molar-refractivity contribution in [3.63, 3.8) is 0 Å². The van der Waals surface area contributed by atoms with Crippen molar-refractivity contribution in [2.75, 3.05) is 31.1 Å². The van der Waals surface area contributed by atoms with Crippen LogP contribution in [0.2, 0.25) is 0 Å². The second-order valence-electron chi connectivity index (χ2n) is 7.93. The van der Waals surface area contributed by atoms with Crippen molar-refractivity contribution < 1.29 is 17.6 Å². The lowest BCUT2D eigenvalue weighted by Gasteiger charge is -2.29. The summed E-state index contributed by atoms with van der Waals surface area (Å²) in [7, 11) is -4.22. The summed E-state index contributed by atoms with van der Waals surface area (Å²) in [4.78, 5) is 20.7. The average molecular weight is 460 g/mol. The minimum atomic E-state index is -4.22. The molecule has 1 aliphatic heterocycles. The Kier molecular flexibility index (Phi) is 7.43. The first-order chi connectivity index (χ1) is 15.2. The molecule has 1 amide bonds. The van der Waals surface area contributed by atoms with Crippen LogP contribution in [0.4, 0.5) is 10.2 Å². The fourth-order valence-corrected chi connectivity index (χ4v) is 5.06. The molecule has 0 saturated carbocycles. The Morgan fingerprint density at radius 2 is 1.91 bits per heavy atom. The second-order valence-corrected chi connectivity index (χ2v) is 9.61. The van der Waals surface area contributed by atoms with Crippen molar-refractivity contribution in [2.24, 2.45) is 5.92 Å². The number of sulfonamides is 1. The van der Waals surface area contributed by atoms with E-state index in [1.165, 1.54) is 18.2 Å². The molecule has 2 aromatic rings. The molecule has 1 aromatic heterocycles. The van der Waals surface area contributed by atoms with Gasteiger partial charge in [-0.15, -0.1) is 0 Å². The van der Waals surface area contributed by atoms with Gasteiger partial charge in [-0.3, -0.25) is 4.79 Å². The number of aromatic nitrogens is 1. The molecule has 0 unspecified atom stereocenters. The quantitative estimate of drug-likeness (QED) is 0.709. The van der Waals surface area contributed by atoms with Crippen molar-refractivity contribution in [2.45, 2.75) is 31.2 Å². The van der Waals surface area contributed by atoms with Crippen LogP contribution in [-0.2, 0) is 14.8 Å². The van der Waals surface area contributed by atoms with Crippen LogP contribution in [0, 0.1) is 23.1 Å². The lowest BCUT2D eigenvalue weighted by molar-refractivity contribution is -0.133. The number of benzene rings is 1. The van der Waals surface area contributed by atoms with Gasteiger partial charge in [0.2, 0.25) is 15.9 Å². The van der Waals surface area contributed by atoms with Gasteiger partial charge in [0.25, 0.3) is 0 Å². The molecule has 0 bridgehead atoms. The zero-order valence-electron chi connectivity index (χ0n) is 18.0. The molecule has 8 nitrogen and oxygen atoms in total. The second kappa shape index (κ2) is 10.1. The Morgan fingerprint density at radius 3 is 2.59 bits per heavy atom. The van der Waals surface area contributed by atoms with E-state index in [9.17, 15) is 22.9 Å². The Hall–Kier alpha value is -3.03. The fourth-order valence-electron chi connectivity index (χ4n) is 3.65. The number of rotatable bonds is 6. The summed E-state index contributed by atoms with van der Waals surface area (Å²) in [6, 6.07) is 9.57. The van der Waals surface area contributed by atoms with Crippen LogP contribution in [0.25, 0.3) is 0 Å². The minimum absolute atomic E-state index is 0.343. The van der Waals surface area contributed by atoms with Crippen molar-refractivity contribution in [3.8, 4) is 6.07 Å². The average Bonchev–Trinajstić information content (AvgIpc) is 3.03. The molecule has 0 radical (unpaired) electrons. The zero-order chi connectivity index (χ0) is 23.3. The van der Waals surface area contributed by atoms with Crippen molar-refractivity contribution in [1.29, 1.82) is 5.26 Å². The van der Waals surface area contributed by atoms with Gasteiger partial charge < -0.3 is 9.80 Å². The summed E-state index contributed by atoms with van der Waals surface area (Å²) in [6.45, 7) is 5.35. The smallest absolute Gasteiger partial charge is 0.244 e. The summed E-state index contributed by atoms with van der Waals surface area (Å²) < 4.78 is 42.0. The maximum atomic E-state index is 14.1. The highest BCUT2D eigenvalue weighted by atomic mass is 32.2. The van der Waals surface area contributed by atoms with Gasteiger partial charge >= 0.3 is 0 Å². The number of carbonyl (C=O) groups excluding carboxylic acids is 1. The predicted molar refractivity (Wildman–Crippen MR) is 118 cm³/mol. The molecule has 1 aromatic carbocycles. The van der Waals surface area contributed by atoms with Gasteiger partial charge in [-0.25, -0.2) is 17.8 Å². The Labute approximate surface area is 187 Å². The number of hydrogen-bond acceptors (Lipinski definition) is 6. The van der Waals surface area contributed by atoms with Crippen LogP contribution in [0.5, 0.6) is 0 Å². The number of nitriles is 1. The Morgan fingerprint density at radius 1 is 1.16 bits per heavy atom. The summed E-state index contributed by atoms with van der Waals surface area (Å²) in [6.07, 6.45) is 2.26. The summed E-state index contributed by atoms with van der Waals surface area (Å²) in [5.41, 5.74) is 0.463. The SMILES string of the molecule is CC(C)[C@H](NS(=O)(=O)c1ccccc1F)C(=O)N1CCCN(c2ncccc2C#N)CC1. The lowest BCUT2D eigenvalue weighted by Crippen LogP contribution is -2.52. The maximum absolute atomic E-state index is 14.1. The normalized spacial score (nSPS) is 15.8. The fraction of sp³-hybridized carbons (Fsp3) is 0.409. The minimum Gasteiger partial charge on any atom is -0.354 e. The third-order valence-electron chi connectivity index (χ3n) is 5.36. The molecule has 1 saturated heterocycles. The molecule has 10 heteroatoms. The monoisotopic (exact) mass is 459 g/mol. The van der Waals surface area contributed by atoms with Gasteiger partial charge in [0.15, 0.2) is 0 Å². The number of pyridine rings is 1. The summed E-state index contributed by atoms with van der Waals surface area (Å²) in [5, 5.41) is 9.34. The van der Waals surface area contributed by atoms with Crippen LogP contribution in [0.1, 0.15) is 25.8 Å². The van der Waals surface area contributed by atoms with Crippen LogP contribution >= 0.6 is 0 Å². The van der Waals surface area contributed by atoms with E-state index in [4.69, 9.17) is 0 Å². The van der Waals surface area contributed by atoms with Gasteiger partial charge in [0, 0.05) is 32.4 Å². The molecule has 1 fully saturated rings. The Balaban J connectivity index is 1.76. The van der Waals surface area contributed by atoms with Gasteiger partial charge in [-0.2, -0.15) is 9.98 Å². The zero-order valence-corrected chi connectivity index (χ0v) is 18.8. The van der Waals surface area contributed by atoms with Crippen molar-refractivity contribution in [1.82, 2.24) is 14.6 Å². The lowest BCUT2D eigenvalue weighted by atomic mass is 10.0. The summed E-state index contributed by atoms with van der Waals surface area (Å²) in [5.74, 6) is -0.998. The third kappa shape index (κ3) is 5.23. The number of halogens is 1. The van der Waals surface area contributed by atoms with Crippen LogP contribution in [0.3, 0.4) is 0 Å².